The number of nitrogens with zero attached hydrogens (tertiary/aromatic N) is 3. The highest BCUT2D eigenvalue weighted by Crippen LogP contribution is 2.32. The highest BCUT2D eigenvalue weighted by molar-refractivity contribution is 6.34. The number of amides is 2. The lowest BCUT2D eigenvalue weighted by molar-refractivity contribution is -0.0498. The summed E-state index contributed by atoms with van der Waals surface area (Å²) in [5.74, 6) is 0.705. The van der Waals surface area contributed by atoms with Crippen LogP contribution in [0.2, 0.25) is 5.02 Å². The van der Waals surface area contributed by atoms with E-state index in [1.54, 1.807) is 12.1 Å². The number of benzene rings is 2. The fraction of sp³-hybridized carbons (Fsp3) is 0.0952. The Kier molecular flexibility index (Phi) is 6.04. The van der Waals surface area contributed by atoms with Crippen LogP contribution >= 0.6 is 11.6 Å². The van der Waals surface area contributed by atoms with Crippen LogP contribution in [0, 0.1) is 0 Å². The van der Waals surface area contributed by atoms with Gasteiger partial charge in [0.15, 0.2) is 0 Å². The lowest BCUT2D eigenvalue weighted by Crippen LogP contribution is -2.19. The van der Waals surface area contributed by atoms with Crippen molar-refractivity contribution < 1.29 is 23.0 Å². The maximum atomic E-state index is 12.3. The van der Waals surface area contributed by atoms with Crippen LogP contribution in [0.25, 0.3) is 11.0 Å². The number of fused-ring (bicyclic) bond motifs is 1. The summed E-state index contributed by atoms with van der Waals surface area (Å²) in [6.07, 6.45) is 3.25. The van der Waals surface area contributed by atoms with E-state index in [2.05, 4.69) is 25.3 Å². The molecule has 0 spiro atoms. The molecule has 4 rings (SSSR count). The molecule has 0 atom stereocenters. The minimum Gasteiger partial charge on any atom is -0.437 e. The Labute approximate surface area is 185 Å². The average Bonchev–Trinajstić information content (AvgIpc) is 3.12. The van der Waals surface area contributed by atoms with E-state index < -0.39 is 12.6 Å². The molecular formula is C21H16ClF2N5O3. The molecule has 2 heterocycles. The smallest absolute Gasteiger partial charge is 0.387 e. The number of carbonyl (C=O) groups excluding carboxylic acids is 1. The molecule has 0 fully saturated rings. The normalized spacial score (nSPS) is 10.9. The number of ether oxygens (including phenoxy) is 2. The van der Waals surface area contributed by atoms with Crippen LogP contribution in [0.1, 0.15) is 0 Å². The van der Waals surface area contributed by atoms with Crippen molar-refractivity contribution in [3.8, 4) is 17.4 Å². The Morgan fingerprint density at radius 1 is 1.09 bits per heavy atom. The number of carbonyl (C=O) groups is 1. The second kappa shape index (κ2) is 9.06. The topological polar surface area (TPSA) is 90.3 Å². The van der Waals surface area contributed by atoms with Crippen molar-refractivity contribution in [1.82, 2.24) is 14.5 Å². The fourth-order valence-electron chi connectivity index (χ4n) is 2.97. The predicted molar refractivity (Wildman–Crippen MR) is 116 cm³/mol. The third kappa shape index (κ3) is 4.86. The van der Waals surface area contributed by atoms with E-state index in [4.69, 9.17) is 16.3 Å². The van der Waals surface area contributed by atoms with Gasteiger partial charge in [0.25, 0.3) is 0 Å². The highest BCUT2D eigenvalue weighted by Gasteiger charge is 2.12. The van der Waals surface area contributed by atoms with Crippen LogP contribution in [0.15, 0.2) is 61.1 Å². The molecule has 32 heavy (non-hydrogen) atoms. The number of hydrogen-bond donors (Lipinski definition) is 2. The second-order valence-corrected chi connectivity index (χ2v) is 6.98. The van der Waals surface area contributed by atoms with Gasteiger partial charge in [0.05, 0.1) is 16.2 Å². The third-order valence-electron chi connectivity index (χ3n) is 4.35. The van der Waals surface area contributed by atoms with Gasteiger partial charge in [0.1, 0.15) is 23.3 Å². The van der Waals surface area contributed by atoms with Gasteiger partial charge in [-0.3, -0.25) is 0 Å². The Morgan fingerprint density at radius 2 is 1.94 bits per heavy atom. The first-order valence-electron chi connectivity index (χ1n) is 9.25. The largest absolute Gasteiger partial charge is 0.437 e. The molecule has 2 amide bonds. The van der Waals surface area contributed by atoms with Crippen molar-refractivity contribution in [1.29, 1.82) is 0 Å². The Bertz CT molecular complexity index is 1280. The number of urea groups is 1. The quantitative estimate of drug-likeness (QED) is 0.388. The highest BCUT2D eigenvalue weighted by atomic mass is 35.5. The SMILES string of the molecule is Cn1ccc2ncnc(Oc3ccc(NC(=O)Nc4cccc(OC(F)F)c4)c(Cl)c3)c21. The van der Waals surface area contributed by atoms with Crippen molar-refractivity contribution in [2.75, 3.05) is 10.6 Å². The molecule has 0 aliphatic carbocycles. The summed E-state index contributed by atoms with van der Waals surface area (Å²) in [6, 6.07) is 11.6. The van der Waals surface area contributed by atoms with E-state index >= 15 is 0 Å². The fourth-order valence-corrected chi connectivity index (χ4v) is 3.19. The van der Waals surface area contributed by atoms with Crippen molar-refractivity contribution >= 4 is 40.0 Å². The van der Waals surface area contributed by atoms with E-state index in [0.29, 0.717) is 17.3 Å². The van der Waals surface area contributed by atoms with Gasteiger partial charge >= 0.3 is 12.6 Å². The van der Waals surface area contributed by atoms with Gasteiger partial charge in [0, 0.05) is 31.1 Å². The second-order valence-electron chi connectivity index (χ2n) is 6.57. The molecule has 0 unspecified atom stereocenters. The van der Waals surface area contributed by atoms with E-state index in [1.165, 1.54) is 36.7 Å². The minimum atomic E-state index is -2.96. The monoisotopic (exact) mass is 459 g/mol. The van der Waals surface area contributed by atoms with Gasteiger partial charge in [-0.15, -0.1) is 0 Å². The first kappa shape index (κ1) is 21.3. The molecule has 0 bridgehead atoms. The molecule has 0 saturated carbocycles. The van der Waals surface area contributed by atoms with Crippen LogP contribution in [-0.2, 0) is 7.05 Å². The van der Waals surface area contributed by atoms with Gasteiger partial charge in [0.2, 0.25) is 5.88 Å². The molecule has 4 aromatic rings. The van der Waals surface area contributed by atoms with Gasteiger partial charge in [-0.05, 0) is 30.3 Å². The zero-order valence-electron chi connectivity index (χ0n) is 16.6. The molecule has 2 aromatic heterocycles. The van der Waals surface area contributed by atoms with Crippen LogP contribution in [0.5, 0.6) is 17.4 Å². The predicted octanol–water partition coefficient (Wildman–Crippen LogP) is 5.66. The Morgan fingerprint density at radius 3 is 2.72 bits per heavy atom. The molecule has 2 aromatic carbocycles. The summed E-state index contributed by atoms with van der Waals surface area (Å²) in [5.41, 5.74) is 2.06. The number of aryl methyl sites for hydroxylation is 1. The zero-order chi connectivity index (χ0) is 22.7. The Hall–Kier alpha value is -3.92. The van der Waals surface area contributed by atoms with E-state index in [1.807, 2.05) is 23.9 Å². The number of anilines is 2. The van der Waals surface area contributed by atoms with Crippen molar-refractivity contribution in [2.45, 2.75) is 6.61 Å². The van der Waals surface area contributed by atoms with Crippen LogP contribution < -0.4 is 20.1 Å². The maximum absolute atomic E-state index is 12.3. The molecule has 0 aliphatic heterocycles. The van der Waals surface area contributed by atoms with Gasteiger partial charge in [-0.25, -0.2) is 9.78 Å². The molecule has 2 N–H and O–H groups in total. The third-order valence-corrected chi connectivity index (χ3v) is 4.66. The maximum Gasteiger partial charge on any atom is 0.387 e. The summed E-state index contributed by atoms with van der Waals surface area (Å²) >= 11 is 6.29. The van der Waals surface area contributed by atoms with Gasteiger partial charge < -0.3 is 24.7 Å². The first-order chi connectivity index (χ1) is 15.4. The zero-order valence-corrected chi connectivity index (χ0v) is 17.3. The molecule has 0 saturated heterocycles. The number of halogens is 3. The van der Waals surface area contributed by atoms with Crippen LogP contribution in [0.3, 0.4) is 0 Å². The summed E-state index contributed by atoms with van der Waals surface area (Å²) < 4.78 is 36.7. The number of rotatable bonds is 6. The lowest BCUT2D eigenvalue weighted by atomic mass is 10.3. The van der Waals surface area contributed by atoms with Crippen molar-refractivity contribution in [3.63, 3.8) is 0 Å². The summed E-state index contributed by atoms with van der Waals surface area (Å²) in [6.45, 7) is -2.96. The standard InChI is InChI=1S/C21H16ClF2N5O3/c1-29-8-7-17-18(29)19(26-11-25-17)31-14-5-6-16(15(22)10-14)28-21(30)27-12-3-2-4-13(9-12)32-20(23)24/h2-11,20H,1H3,(H2,27,28,30). The summed E-state index contributed by atoms with van der Waals surface area (Å²) in [4.78, 5) is 20.6. The van der Waals surface area contributed by atoms with Crippen LogP contribution in [-0.4, -0.2) is 27.2 Å². The summed E-state index contributed by atoms with van der Waals surface area (Å²) in [7, 11) is 1.85. The molecule has 0 radical (unpaired) electrons. The summed E-state index contributed by atoms with van der Waals surface area (Å²) in [5, 5.41) is 5.34. The van der Waals surface area contributed by atoms with Crippen LogP contribution in [0.4, 0.5) is 25.0 Å². The van der Waals surface area contributed by atoms with E-state index in [-0.39, 0.29) is 16.5 Å². The first-order valence-corrected chi connectivity index (χ1v) is 9.63. The van der Waals surface area contributed by atoms with Gasteiger partial charge in [-0.2, -0.15) is 13.8 Å². The molecule has 11 heteroatoms. The molecular weight excluding hydrogens is 444 g/mol. The lowest BCUT2D eigenvalue weighted by Gasteiger charge is -2.12. The van der Waals surface area contributed by atoms with Crippen molar-refractivity contribution in [2.24, 2.45) is 7.05 Å². The van der Waals surface area contributed by atoms with Gasteiger partial charge in [-0.1, -0.05) is 17.7 Å². The average molecular weight is 460 g/mol. The number of nitrogens with one attached hydrogen (secondary N) is 2. The molecule has 0 aliphatic rings. The number of alkyl halides is 2. The van der Waals surface area contributed by atoms with Crippen molar-refractivity contribution in [3.05, 3.63) is 66.1 Å². The number of hydrogen-bond acceptors (Lipinski definition) is 5. The molecule has 164 valence electrons. The Balaban J connectivity index is 1.44. The van der Waals surface area contributed by atoms with E-state index in [9.17, 15) is 13.6 Å². The molecule has 8 nitrogen and oxygen atoms in total. The minimum absolute atomic E-state index is 0.0746. The number of aromatic nitrogens is 3. The van der Waals surface area contributed by atoms with E-state index in [0.717, 1.165) is 11.0 Å².